The summed E-state index contributed by atoms with van der Waals surface area (Å²) in [5, 5.41) is 3.86. The average molecular weight is 376 g/mol. The van der Waals surface area contributed by atoms with E-state index in [2.05, 4.69) is 5.32 Å². The van der Waals surface area contributed by atoms with Gasteiger partial charge in [-0.3, -0.25) is 19.3 Å². The number of imide groups is 1. The summed E-state index contributed by atoms with van der Waals surface area (Å²) >= 11 is 0. The van der Waals surface area contributed by atoms with Gasteiger partial charge in [-0.05, 0) is 44.2 Å². The zero-order valence-corrected chi connectivity index (χ0v) is 15.7. The summed E-state index contributed by atoms with van der Waals surface area (Å²) in [5.74, 6) is -0.162. The van der Waals surface area contributed by atoms with Crippen molar-refractivity contribution < 1.29 is 18.8 Å². The van der Waals surface area contributed by atoms with E-state index >= 15 is 0 Å². The van der Waals surface area contributed by atoms with Crippen molar-refractivity contribution in [2.45, 2.75) is 26.3 Å². The number of nitrogens with one attached hydrogen (secondary N) is 1. The van der Waals surface area contributed by atoms with Crippen LogP contribution in [0, 0.1) is 0 Å². The molecule has 6 heteroatoms. The van der Waals surface area contributed by atoms with Crippen LogP contribution in [0.15, 0.2) is 52.9 Å². The molecule has 0 saturated heterocycles. The summed E-state index contributed by atoms with van der Waals surface area (Å²) in [7, 11) is 0. The molecule has 0 radical (unpaired) electrons. The van der Waals surface area contributed by atoms with Crippen LogP contribution in [-0.2, 0) is 6.42 Å². The van der Waals surface area contributed by atoms with Gasteiger partial charge in [-0.2, -0.15) is 0 Å². The molecule has 1 aliphatic rings. The highest BCUT2D eigenvalue weighted by Gasteiger charge is 2.37. The van der Waals surface area contributed by atoms with Crippen LogP contribution in [0.1, 0.15) is 50.7 Å². The molecule has 2 aromatic carbocycles. The molecule has 142 valence electrons. The number of hydrogen-bond acceptors (Lipinski definition) is 4. The molecule has 4 rings (SSSR count). The van der Waals surface area contributed by atoms with Gasteiger partial charge in [0.25, 0.3) is 17.7 Å². The van der Waals surface area contributed by atoms with Crippen molar-refractivity contribution in [1.82, 2.24) is 10.2 Å². The Bertz CT molecular complexity index is 1060. The summed E-state index contributed by atoms with van der Waals surface area (Å²) in [4.78, 5) is 38.5. The lowest BCUT2D eigenvalue weighted by atomic mass is 10.1. The maximum atomic E-state index is 12.5. The first-order valence-electron chi connectivity index (χ1n) is 9.23. The van der Waals surface area contributed by atoms with E-state index in [1.807, 2.05) is 30.3 Å². The van der Waals surface area contributed by atoms with Crippen LogP contribution < -0.4 is 5.32 Å². The van der Waals surface area contributed by atoms with Crippen LogP contribution in [0.4, 0.5) is 0 Å². The summed E-state index contributed by atoms with van der Waals surface area (Å²) in [5.41, 5.74) is 1.80. The van der Waals surface area contributed by atoms with E-state index in [-0.39, 0.29) is 29.3 Å². The third-order valence-electron chi connectivity index (χ3n) is 4.83. The number of carbonyl (C=O) groups is 3. The van der Waals surface area contributed by atoms with Gasteiger partial charge >= 0.3 is 0 Å². The maximum absolute atomic E-state index is 12.5. The van der Waals surface area contributed by atoms with Crippen molar-refractivity contribution >= 4 is 28.7 Å². The highest BCUT2D eigenvalue weighted by atomic mass is 16.3. The molecule has 0 spiro atoms. The number of fused-ring (bicyclic) bond motifs is 2. The molecular weight excluding hydrogens is 356 g/mol. The molecule has 0 atom stereocenters. The van der Waals surface area contributed by atoms with Crippen molar-refractivity contribution in [3.63, 3.8) is 0 Å². The molecule has 0 unspecified atom stereocenters. The highest BCUT2D eigenvalue weighted by molar-refractivity contribution is 6.22. The Morgan fingerprint density at radius 3 is 2.54 bits per heavy atom. The number of carbonyl (C=O) groups excluding carboxylic acids is 3. The molecule has 2 heterocycles. The molecule has 0 bridgehead atoms. The second-order valence-corrected chi connectivity index (χ2v) is 7.09. The van der Waals surface area contributed by atoms with Gasteiger partial charge in [-0.15, -0.1) is 0 Å². The van der Waals surface area contributed by atoms with E-state index in [0.717, 1.165) is 16.7 Å². The van der Waals surface area contributed by atoms with Crippen molar-refractivity contribution in [3.8, 4) is 0 Å². The predicted octanol–water partition coefficient (Wildman–Crippen LogP) is 3.41. The van der Waals surface area contributed by atoms with Crippen LogP contribution in [-0.4, -0.2) is 35.2 Å². The first-order valence-corrected chi connectivity index (χ1v) is 9.23. The van der Waals surface area contributed by atoms with Crippen molar-refractivity contribution in [1.29, 1.82) is 0 Å². The number of nitrogens with zero attached hydrogens (tertiary/aromatic N) is 1. The van der Waals surface area contributed by atoms with Crippen LogP contribution in [0.3, 0.4) is 0 Å². The van der Waals surface area contributed by atoms with Crippen molar-refractivity contribution in [3.05, 3.63) is 71.0 Å². The van der Waals surface area contributed by atoms with Crippen LogP contribution in [0.5, 0.6) is 0 Å². The Balaban J connectivity index is 1.43. The van der Waals surface area contributed by atoms with E-state index in [1.165, 1.54) is 11.0 Å². The number of para-hydroxylation sites is 1. The zero-order chi connectivity index (χ0) is 19.8. The monoisotopic (exact) mass is 376 g/mol. The van der Waals surface area contributed by atoms with E-state index in [9.17, 15) is 14.4 Å². The SMILES string of the molecule is CC(C)N1C(=O)c2ccc(C(=O)NCCc3cc4ccccc4o3)cc2C1=O. The van der Waals surface area contributed by atoms with Crippen molar-refractivity contribution in [2.75, 3.05) is 6.54 Å². The number of rotatable bonds is 5. The molecule has 3 aromatic rings. The normalized spacial score (nSPS) is 13.5. The molecular formula is C22H20N2O4. The number of furan rings is 1. The van der Waals surface area contributed by atoms with Gasteiger partial charge < -0.3 is 9.73 Å². The third-order valence-corrected chi connectivity index (χ3v) is 4.83. The molecule has 1 aromatic heterocycles. The number of hydrogen-bond donors (Lipinski definition) is 1. The van der Waals surface area contributed by atoms with Crippen LogP contribution in [0.25, 0.3) is 11.0 Å². The fourth-order valence-corrected chi connectivity index (χ4v) is 3.43. The van der Waals surface area contributed by atoms with E-state index < -0.39 is 0 Å². The average Bonchev–Trinajstić information content (AvgIpc) is 3.20. The summed E-state index contributed by atoms with van der Waals surface area (Å²) in [6.07, 6.45) is 0.559. The minimum atomic E-state index is -0.355. The van der Waals surface area contributed by atoms with Crippen molar-refractivity contribution in [2.24, 2.45) is 0 Å². The Kier molecular flexibility index (Phi) is 4.47. The quantitative estimate of drug-likeness (QED) is 0.692. The second kappa shape index (κ2) is 6.96. The first kappa shape index (κ1) is 18.0. The van der Waals surface area contributed by atoms with Gasteiger partial charge in [-0.25, -0.2) is 0 Å². The smallest absolute Gasteiger partial charge is 0.261 e. The molecule has 1 N–H and O–H groups in total. The lowest BCUT2D eigenvalue weighted by molar-refractivity contribution is 0.0609. The highest BCUT2D eigenvalue weighted by Crippen LogP contribution is 2.25. The van der Waals surface area contributed by atoms with Gasteiger partial charge in [0.15, 0.2) is 0 Å². The van der Waals surface area contributed by atoms with Crippen LogP contribution in [0.2, 0.25) is 0 Å². The van der Waals surface area contributed by atoms with E-state index in [4.69, 9.17) is 4.42 Å². The fraction of sp³-hybridized carbons (Fsp3) is 0.227. The molecule has 0 saturated carbocycles. The minimum absolute atomic E-state index is 0.228. The summed E-state index contributed by atoms with van der Waals surface area (Å²) in [6.45, 7) is 3.97. The second-order valence-electron chi connectivity index (χ2n) is 7.09. The maximum Gasteiger partial charge on any atom is 0.261 e. The summed E-state index contributed by atoms with van der Waals surface area (Å²) < 4.78 is 5.74. The van der Waals surface area contributed by atoms with Gasteiger partial charge in [0.05, 0.1) is 11.1 Å². The first-order chi connectivity index (χ1) is 13.5. The molecule has 3 amide bonds. The van der Waals surface area contributed by atoms with Gasteiger partial charge in [0, 0.05) is 30.0 Å². The minimum Gasteiger partial charge on any atom is -0.461 e. The lowest BCUT2D eigenvalue weighted by Crippen LogP contribution is -2.35. The Labute approximate surface area is 162 Å². The molecule has 6 nitrogen and oxygen atoms in total. The van der Waals surface area contributed by atoms with E-state index in [1.54, 1.807) is 26.0 Å². The largest absolute Gasteiger partial charge is 0.461 e. The zero-order valence-electron chi connectivity index (χ0n) is 15.7. The van der Waals surface area contributed by atoms with Gasteiger partial charge in [0.1, 0.15) is 11.3 Å². The standard InChI is InChI=1S/C22H20N2O4/c1-13(2)24-21(26)17-8-7-15(12-18(17)22(24)27)20(25)23-10-9-16-11-14-5-3-4-6-19(14)28-16/h3-8,11-13H,9-10H2,1-2H3,(H,23,25). The fourth-order valence-electron chi connectivity index (χ4n) is 3.43. The summed E-state index contributed by atoms with van der Waals surface area (Å²) in [6, 6.07) is 14.1. The van der Waals surface area contributed by atoms with Gasteiger partial charge in [0.2, 0.25) is 0 Å². The number of amides is 3. The third kappa shape index (κ3) is 3.07. The lowest BCUT2D eigenvalue weighted by Gasteiger charge is -2.17. The van der Waals surface area contributed by atoms with Crippen LogP contribution >= 0.6 is 0 Å². The molecule has 1 aliphatic heterocycles. The Hall–Kier alpha value is -3.41. The Morgan fingerprint density at radius 1 is 1.04 bits per heavy atom. The van der Waals surface area contributed by atoms with Gasteiger partial charge in [-0.1, -0.05) is 18.2 Å². The predicted molar refractivity (Wildman–Crippen MR) is 104 cm³/mol. The Morgan fingerprint density at radius 2 is 1.79 bits per heavy atom. The molecule has 0 aliphatic carbocycles. The topological polar surface area (TPSA) is 79.6 Å². The molecule has 0 fully saturated rings. The molecule has 28 heavy (non-hydrogen) atoms. The number of benzene rings is 2. The van der Waals surface area contributed by atoms with E-state index in [0.29, 0.717) is 24.1 Å².